The van der Waals surface area contributed by atoms with Crippen molar-refractivity contribution in [3.05, 3.63) is 58.7 Å². The highest BCUT2D eigenvalue weighted by Crippen LogP contribution is 2.58. The number of halogens is 4. The average molecular weight is 473 g/mol. The maximum Gasteiger partial charge on any atom is 0.399 e. The van der Waals surface area contributed by atoms with Gasteiger partial charge in [-0.3, -0.25) is 9.71 Å². The summed E-state index contributed by atoms with van der Waals surface area (Å²) in [6, 6.07) is 9.86. The Balaban J connectivity index is 1.64. The highest BCUT2D eigenvalue weighted by Gasteiger charge is 2.65. The number of anilines is 1. The molecule has 0 atom stereocenters. The average Bonchev–Trinajstić information content (AvgIpc) is 3.33. The van der Waals surface area contributed by atoms with Crippen molar-refractivity contribution in [1.29, 1.82) is 0 Å². The van der Waals surface area contributed by atoms with Gasteiger partial charge < -0.3 is 0 Å². The number of aromatic nitrogens is 1. The molecule has 30 heavy (non-hydrogen) atoms. The Bertz CT molecular complexity index is 1220. The van der Waals surface area contributed by atoms with Crippen LogP contribution in [-0.4, -0.2) is 25.8 Å². The zero-order chi connectivity index (χ0) is 21.7. The summed E-state index contributed by atoms with van der Waals surface area (Å²) in [5, 5.41) is 2.21. The van der Waals surface area contributed by atoms with Crippen LogP contribution >= 0.6 is 22.9 Å². The first-order chi connectivity index (χ1) is 14.0. The van der Waals surface area contributed by atoms with E-state index in [1.165, 1.54) is 29.7 Å². The topological polar surface area (TPSA) is 59.1 Å². The van der Waals surface area contributed by atoms with Crippen molar-refractivity contribution in [2.45, 2.75) is 24.4 Å². The van der Waals surface area contributed by atoms with Gasteiger partial charge in [-0.25, -0.2) is 8.42 Å². The van der Waals surface area contributed by atoms with Gasteiger partial charge in [0.25, 0.3) is 0 Å². The molecule has 0 saturated heterocycles. The van der Waals surface area contributed by atoms with Crippen LogP contribution in [0.2, 0.25) is 5.02 Å². The molecule has 10 heteroatoms. The normalized spacial score (nSPS) is 15.8. The quantitative estimate of drug-likeness (QED) is 0.488. The van der Waals surface area contributed by atoms with Crippen LogP contribution < -0.4 is 4.72 Å². The number of rotatable bonds is 5. The number of nitrogens with zero attached hydrogens (tertiary/aromatic N) is 1. The number of alkyl halides is 3. The lowest BCUT2D eigenvalue weighted by molar-refractivity contribution is -0.161. The maximum absolute atomic E-state index is 13.4. The third kappa shape index (κ3) is 4.06. The first-order valence-electron chi connectivity index (χ1n) is 8.88. The lowest BCUT2D eigenvalue weighted by Gasteiger charge is -2.18. The molecule has 3 aromatic rings. The van der Waals surface area contributed by atoms with E-state index in [4.69, 9.17) is 11.6 Å². The molecule has 1 saturated carbocycles. The molecular formula is C20H16ClF3N2O2S2. The van der Waals surface area contributed by atoms with Crippen LogP contribution in [-0.2, 0) is 15.4 Å². The van der Waals surface area contributed by atoms with E-state index < -0.39 is 21.6 Å². The van der Waals surface area contributed by atoms with Crippen LogP contribution in [0.5, 0.6) is 0 Å². The maximum atomic E-state index is 13.4. The fraction of sp³-hybridized carbons (Fsp3) is 0.250. The van der Waals surface area contributed by atoms with Gasteiger partial charge in [0.2, 0.25) is 10.0 Å². The van der Waals surface area contributed by atoms with E-state index in [1.807, 2.05) is 11.4 Å². The minimum Gasteiger partial charge on any atom is -0.284 e. The van der Waals surface area contributed by atoms with Gasteiger partial charge in [-0.2, -0.15) is 13.2 Å². The molecule has 2 aromatic heterocycles. The molecule has 0 bridgehead atoms. The van der Waals surface area contributed by atoms with Crippen LogP contribution in [0.15, 0.2) is 48.0 Å². The predicted octanol–water partition coefficient (Wildman–Crippen LogP) is 6.10. The lowest BCUT2D eigenvalue weighted by atomic mass is 9.98. The summed E-state index contributed by atoms with van der Waals surface area (Å²) < 4.78 is 65.4. The smallest absolute Gasteiger partial charge is 0.284 e. The van der Waals surface area contributed by atoms with Crippen LogP contribution in [0.25, 0.3) is 21.6 Å². The van der Waals surface area contributed by atoms with E-state index in [2.05, 4.69) is 9.71 Å². The fourth-order valence-corrected chi connectivity index (χ4v) is 5.15. The Morgan fingerprint density at radius 2 is 1.87 bits per heavy atom. The lowest BCUT2D eigenvalue weighted by Crippen LogP contribution is -2.29. The second-order valence-electron chi connectivity index (χ2n) is 7.28. The summed E-state index contributed by atoms with van der Waals surface area (Å²) in [5.41, 5.74) is 0.706. The Morgan fingerprint density at radius 1 is 1.13 bits per heavy atom. The molecule has 1 N–H and O–H groups in total. The molecule has 0 aliphatic heterocycles. The van der Waals surface area contributed by atoms with E-state index in [1.54, 1.807) is 18.2 Å². The SMILES string of the molecule is CS(=O)(=O)Nc1ccc(-c2cc(-c3ccnc(C4(C(F)(F)F)CC4)c3)cs2)c(Cl)c1. The van der Waals surface area contributed by atoms with Crippen LogP contribution in [0.1, 0.15) is 18.5 Å². The van der Waals surface area contributed by atoms with Gasteiger partial charge in [0.1, 0.15) is 5.41 Å². The third-order valence-corrected chi connectivity index (χ3v) is 6.90. The zero-order valence-corrected chi connectivity index (χ0v) is 18.0. The molecule has 1 fully saturated rings. The Kier molecular flexibility index (Phi) is 5.11. The second-order valence-corrected chi connectivity index (χ2v) is 10.3. The minimum absolute atomic E-state index is 0.0504. The number of benzene rings is 1. The molecule has 4 rings (SSSR count). The van der Waals surface area contributed by atoms with Gasteiger partial charge in [0.15, 0.2) is 0 Å². The second kappa shape index (κ2) is 7.25. The number of thiophene rings is 1. The summed E-state index contributed by atoms with van der Waals surface area (Å²) in [6.45, 7) is 0. The van der Waals surface area contributed by atoms with Gasteiger partial charge in [-0.15, -0.1) is 11.3 Å². The number of nitrogens with one attached hydrogen (secondary N) is 1. The van der Waals surface area contributed by atoms with E-state index in [0.29, 0.717) is 21.8 Å². The summed E-state index contributed by atoms with van der Waals surface area (Å²) in [4.78, 5) is 4.81. The molecule has 1 aromatic carbocycles. The molecule has 2 heterocycles. The third-order valence-electron chi connectivity index (χ3n) is 5.01. The fourth-order valence-electron chi connectivity index (χ4n) is 3.30. The molecule has 0 unspecified atom stereocenters. The van der Waals surface area contributed by atoms with Crippen LogP contribution in [0, 0.1) is 0 Å². The van der Waals surface area contributed by atoms with E-state index in [-0.39, 0.29) is 18.5 Å². The monoisotopic (exact) mass is 472 g/mol. The summed E-state index contributed by atoms with van der Waals surface area (Å²) in [5.74, 6) is 0. The van der Waals surface area contributed by atoms with Crippen molar-refractivity contribution in [2.24, 2.45) is 0 Å². The Hall–Kier alpha value is -2.10. The van der Waals surface area contributed by atoms with E-state index in [0.717, 1.165) is 16.7 Å². The van der Waals surface area contributed by atoms with E-state index in [9.17, 15) is 21.6 Å². The molecule has 158 valence electrons. The van der Waals surface area contributed by atoms with Crippen molar-refractivity contribution in [3.63, 3.8) is 0 Å². The van der Waals surface area contributed by atoms with Crippen molar-refractivity contribution < 1.29 is 21.6 Å². The largest absolute Gasteiger partial charge is 0.399 e. The van der Waals surface area contributed by atoms with Gasteiger partial charge in [-0.1, -0.05) is 11.6 Å². The molecule has 1 aliphatic rings. The summed E-state index contributed by atoms with van der Waals surface area (Å²) in [7, 11) is -3.42. The number of hydrogen-bond acceptors (Lipinski definition) is 4. The predicted molar refractivity (Wildman–Crippen MR) is 113 cm³/mol. The van der Waals surface area contributed by atoms with Crippen molar-refractivity contribution in [1.82, 2.24) is 4.98 Å². The molecule has 0 radical (unpaired) electrons. The zero-order valence-electron chi connectivity index (χ0n) is 15.6. The highest BCUT2D eigenvalue weighted by atomic mass is 35.5. The molecule has 4 nitrogen and oxygen atoms in total. The summed E-state index contributed by atoms with van der Waals surface area (Å²) in [6.07, 6.45) is -1.73. The Labute approximate surface area is 180 Å². The van der Waals surface area contributed by atoms with Gasteiger partial charge >= 0.3 is 6.18 Å². The molecule has 0 spiro atoms. The number of hydrogen-bond donors (Lipinski definition) is 1. The van der Waals surface area contributed by atoms with Gasteiger partial charge in [-0.05, 0) is 65.7 Å². The summed E-state index contributed by atoms with van der Waals surface area (Å²) >= 11 is 7.73. The molecular weight excluding hydrogens is 457 g/mol. The standard InChI is InChI=1S/C20H16ClF3N2O2S2/c1-30(27,28)26-14-2-3-15(16(21)10-14)17-8-13(11-29-17)12-4-7-25-18(9-12)19(5-6-19)20(22,23)24/h2-4,7-11,26H,5-6H2,1H3. The Morgan fingerprint density at radius 3 is 2.47 bits per heavy atom. The van der Waals surface area contributed by atoms with Crippen molar-refractivity contribution in [3.8, 4) is 21.6 Å². The number of pyridine rings is 1. The van der Waals surface area contributed by atoms with Crippen LogP contribution in [0.3, 0.4) is 0 Å². The minimum atomic E-state index is -4.31. The van der Waals surface area contributed by atoms with Crippen molar-refractivity contribution in [2.75, 3.05) is 11.0 Å². The van der Waals surface area contributed by atoms with E-state index >= 15 is 0 Å². The first kappa shape index (κ1) is 21.1. The van der Waals surface area contributed by atoms with Crippen LogP contribution in [0.4, 0.5) is 18.9 Å². The molecule has 1 aliphatic carbocycles. The van der Waals surface area contributed by atoms with Gasteiger partial charge in [0, 0.05) is 22.3 Å². The highest BCUT2D eigenvalue weighted by molar-refractivity contribution is 7.92. The number of sulfonamides is 1. The first-order valence-corrected chi connectivity index (χ1v) is 12.0. The molecule has 0 amide bonds. The van der Waals surface area contributed by atoms with Gasteiger partial charge in [0.05, 0.1) is 17.0 Å². The van der Waals surface area contributed by atoms with Crippen molar-refractivity contribution >= 4 is 38.6 Å².